The molecule has 128 valence electrons. The molecule has 1 heterocycles. The summed E-state index contributed by atoms with van der Waals surface area (Å²) in [7, 11) is 2.91. The largest absolute Gasteiger partial charge is 0.493 e. The van der Waals surface area contributed by atoms with Gasteiger partial charge in [-0.2, -0.15) is 5.26 Å². The molecule has 8 heteroatoms. The number of carbonyl (C=O) groups is 2. The molecule has 24 heavy (non-hydrogen) atoms. The molecule has 0 aromatic heterocycles. The minimum atomic E-state index is -1.07. The Morgan fingerprint density at radius 3 is 2.71 bits per heavy atom. The minimum Gasteiger partial charge on any atom is -0.493 e. The monoisotopic (exact) mass is 334 g/mol. The molecule has 1 aromatic carbocycles. The molecule has 0 aliphatic carbocycles. The van der Waals surface area contributed by atoms with E-state index < -0.39 is 17.9 Å². The van der Waals surface area contributed by atoms with Crippen LogP contribution in [0.25, 0.3) is 0 Å². The van der Waals surface area contributed by atoms with E-state index in [1.165, 1.54) is 31.3 Å². The molecule has 1 saturated heterocycles. The first kappa shape index (κ1) is 17.6. The molecule has 1 aliphatic rings. The van der Waals surface area contributed by atoms with Crippen LogP contribution in [0.2, 0.25) is 0 Å². The lowest BCUT2D eigenvalue weighted by molar-refractivity contribution is -0.149. The van der Waals surface area contributed by atoms with E-state index in [1.807, 2.05) is 6.07 Å². The molecule has 2 rings (SSSR count). The Bertz CT molecular complexity index is 669. The quantitative estimate of drug-likeness (QED) is 0.813. The smallest absolute Gasteiger partial charge is 0.326 e. The Morgan fingerprint density at radius 2 is 2.12 bits per heavy atom. The fourth-order valence-corrected chi connectivity index (χ4v) is 2.56. The first-order valence-electron chi connectivity index (χ1n) is 7.26. The molecule has 1 N–H and O–H groups in total. The summed E-state index contributed by atoms with van der Waals surface area (Å²) in [6, 6.07) is 5.62. The van der Waals surface area contributed by atoms with E-state index in [9.17, 15) is 14.7 Å². The molecule has 2 unspecified atom stereocenters. The normalized spacial score (nSPS) is 19.6. The number of hydrogen-bond donors (Lipinski definition) is 1. The summed E-state index contributed by atoms with van der Waals surface area (Å²) in [5.41, 5.74) is 0.402. The number of nitrogens with zero attached hydrogens (tertiary/aromatic N) is 2. The number of aliphatic carboxylic acids is 1. The van der Waals surface area contributed by atoms with Crippen molar-refractivity contribution in [1.82, 2.24) is 4.90 Å². The molecule has 2 atom stereocenters. The molecule has 0 bridgehead atoms. The molecule has 0 saturated carbocycles. The Kier molecular flexibility index (Phi) is 5.60. The summed E-state index contributed by atoms with van der Waals surface area (Å²) >= 11 is 0. The highest BCUT2D eigenvalue weighted by Crippen LogP contribution is 2.28. The molecule has 0 radical (unpaired) electrons. The highest BCUT2D eigenvalue weighted by molar-refractivity contribution is 5.85. The van der Waals surface area contributed by atoms with Gasteiger partial charge < -0.3 is 24.2 Å². The number of amides is 1. The lowest BCUT2D eigenvalue weighted by Crippen LogP contribution is -2.43. The van der Waals surface area contributed by atoms with Crippen molar-refractivity contribution in [3.05, 3.63) is 23.8 Å². The van der Waals surface area contributed by atoms with Gasteiger partial charge in [0.2, 0.25) is 0 Å². The van der Waals surface area contributed by atoms with Crippen LogP contribution in [0.3, 0.4) is 0 Å². The van der Waals surface area contributed by atoms with Crippen LogP contribution in [-0.4, -0.2) is 61.4 Å². The molecular weight excluding hydrogens is 316 g/mol. The van der Waals surface area contributed by atoms with Gasteiger partial charge in [0.25, 0.3) is 5.91 Å². The van der Waals surface area contributed by atoms with Crippen LogP contribution in [0.4, 0.5) is 0 Å². The number of carboxylic acids is 1. The minimum absolute atomic E-state index is 0.208. The van der Waals surface area contributed by atoms with Gasteiger partial charge in [0.1, 0.15) is 6.04 Å². The SMILES string of the molecule is COc1cc(C#N)ccc1OCC(=O)N1CC(OC)CC1C(=O)O. The second kappa shape index (κ2) is 7.66. The van der Waals surface area contributed by atoms with Crippen molar-refractivity contribution in [1.29, 1.82) is 5.26 Å². The van der Waals surface area contributed by atoms with Gasteiger partial charge in [-0.25, -0.2) is 4.79 Å². The predicted molar refractivity (Wildman–Crippen MR) is 81.8 cm³/mol. The Hall–Kier alpha value is -2.79. The van der Waals surface area contributed by atoms with Gasteiger partial charge in [-0.15, -0.1) is 0 Å². The Morgan fingerprint density at radius 1 is 1.38 bits per heavy atom. The maximum absolute atomic E-state index is 12.3. The van der Waals surface area contributed by atoms with Crippen LogP contribution in [0, 0.1) is 11.3 Å². The Balaban J connectivity index is 2.05. The van der Waals surface area contributed by atoms with Gasteiger partial charge >= 0.3 is 5.97 Å². The van der Waals surface area contributed by atoms with Gasteiger partial charge in [0.15, 0.2) is 18.1 Å². The number of methoxy groups -OCH3 is 2. The lowest BCUT2D eigenvalue weighted by Gasteiger charge is -2.21. The van der Waals surface area contributed by atoms with Crippen molar-refractivity contribution >= 4 is 11.9 Å². The van der Waals surface area contributed by atoms with Crippen molar-refractivity contribution in [2.45, 2.75) is 18.6 Å². The average molecular weight is 334 g/mol. The standard InChI is InChI=1S/C16H18N2O6/c1-22-11-6-12(16(20)21)18(8-11)15(19)9-24-13-4-3-10(7-17)5-14(13)23-2/h3-5,11-12H,6,8-9H2,1-2H3,(H,20,21). The first-order chi connectivity index (χ1) is 11.5. The summed E-state index contributed by atoms with van der Waals surface area (Å²) in [6.45, 7) is -0.122. The Labute approximate surface area is 139 Å². The van der Waals surface area contributed by atoms with Crippen LogP contribution in [0.1, 0.15) is 12.0 Å². The van der Waals surface area contributed by atoms with Crippen LogP contribution in [0.5, 0.6) is 11.5 Å². The average Bonchev–Trinajstić information content (AvgIpc) is 3.04. The third-order valence-corrected chi connectivity index (χ3v) is 3.85. The van der Waals surface area contributed by atoms with Crippen molar-refractivity contribution in [2.75, 3.05) is 27.4 Å². The van der Waals surface area contributed by atoms with Gasteiger partial charge in [-0.05, 0) is 12.1 Å². The summed E-state index contributed by atoms with van der Waals surface area (Å²) in [4.78, 5) is 24.8. The van der Waals surface area contributed by atoms with Crippen LogP contribution < -0.4 is 9.47 Å². The zero-order chi connectivity index (χ0) is 17.7. The van der Waals surface area contributed by atoms with Crippen molar-refractivity contribution in [2.24, 2.45) is 0 Å². The third kappa shape index (κ3) is 3.75. The second-order valence-corrected chi connectivity index (χ2v) is 5.26. The molecule has 8 nitrogen and oxygen atoms in total. The lowest BCUT2D eigenvalue weighted by atomic mass is 10.2. The fourth-order valence-electron chi connectivity index (χ4n) is 2.56. The van der Waals surface area contributed by atoms with Crippen molar-refractivity contribution in [3.63, 3.8) is 0 Å². The zero-order valence-corrected chi connectivity index (χ0v) is 13.4. The summed E-state index contributed by atoms with van der Waals surface area (Å²) < 4.78 is 15.7. The maximum atomic E-state index is 12.3. The van der Waals surface area contributed by atoms with Gasteiger partial charge in [0.05, 0.1) is 24.8 Å². The van der Waals surface area contributed by atoms with Crippen LogP contribution in [0.15, 0.2) is 18.2 Å². The highest BCUT2D eigenvalue weighted by atomic mass is 16.5. The second-order valence-electron chi connectivity index (χ2n) is 5.26. The highest BCUT2D eigenvalue weighted by Gasteiger charge is 2.39. The summed E-state index contributed by atoms with van der Waals surface area (Å²) in [5.74, 6) is -0.890. The van der Waals surface area contributed by atoms with E-state index in [4.69, 9.17) is 19.5 Å². The van der Waals surface area contributed by atoms with E-state index in [-0.39, 0.29) is 25.7 Å². The summed E-state index contributed by atoms with van der Waals surface area (Å²) in [5, 5.41) is 18.1. The van der Waals surface area contributed by atoms with Crippen LogP contribution in [-0.2, 0) is 14.3 Å². The van der Waals surface area contributed by atoms with Gasteiger partial charge in [0, 0.05) is 26.1 Å². The molecule has 1 fully saturated rings. The number of ether oxygens (including phenoxy) is 3. The molecule has 1 aromatic rings. The number of carbonyl (C=O) groups excluding carboxylic acids is 1. The maximum Gasteiger partial charge on any atom is 0.326 e. The van der Waals surface area contributed by atoms with E-state index in [0.717, 1.165) is 0 Å². The predicted octanol–water partition coefficient (Wildman–Crippen LogP) is 0.646. The zero-order valence-electron chi connectivity index (χ0n) is 13.4. The fraction of sp³-hybridized carbons (Fsp3) is 0.438. The first-order valence-corrected chi connectivity index (χ1v) is 7.26. The molecule has 0 spiro atoms. The number of carboxylic acid groups (broad SMARTS) is 1. The van der Waals surface area contributed by atoms with E-state index >= 15 is 0 Å². The van der Waals surface area contributed by atoms with Gasteiger partial charge in [-0.1, -0.05) is 0 Å². The van der Waals surface area contributed by atoms with E-state index in [0.29, 0.717) is 17.1 Å². The summed E-state index contributed by atoms with van der Waals surface area (Å²) in [6.07, 6.45) is -0.0582. The number of hydrogen-bond acceptors (Lipinski definition) is 6. The third-order valence-electron chi connectivity index (χ3n) is 3.85. The topological polar surface area (TPSA) is 109 Å². The van der Waals surface area contributed by atoms with E-state index in [2.05, 4.69) is 0 Å². The van der Waals surface area contributed by atoms with Crippen molar-refractivity contribution < 1.29 is 28.9 Å². The van der Waals surface area contributed by atoms with Crippen molar-refractivity contribution in [3.8, 4) is 17.6 Å². The molecular formula is C16H18N2O6. The molecule has 1 amide bonds. The molecule has 1 aliphatic heterocycles. The number of likely N-dealkylation sites (tertiary alicyclic amines) is 1. The number of nitriles is 1. The number of rotatable bonds is 6. The number of benzene rings is 1. The van der Waals surface area contributed by atoms with Gasteiger partial charge in [-0.3, -0.25) is 4.79 Å². The van der Waals surface area contributed by atoms with E-state index in [1.54, 1.807) is 6.07 Å². The van der Waals surface area contributed by atoms with Crippen LogP contribution >= 0.6 is 0 Å².